The predicted octanol–water partition coefficient (Wildman–Crippen LogP) is 3.83. The number of anilines is 1. The van der Waals surface area contributed by atoms with Crippen molar-refractivity contribution in [3.63, 3.8) is 0 Å². The van der Waals surface area contributed by atoms with Crippen molar-refractivity contribution in [2.45, 2.75) is 19.9 Å². The van der Waals surface area contributed by atoms with Crippen LogP contribution >= 0.6 is 0 Å². The van der Waals surface area contributed by atoms with Crippen LogP contribution in [0.15, 0.2) is 54.6 Å². The lowest BCUT2D eigenvalue weighted by molar-refractivity contribution is -0.132. The third kappa shape index (κ3) is 2.68. The van der Waals surface area contributed by atoms with Crippen molar-refractivity contribution in [2.24, 2.45) is 11.8 Å². The average Bonchev–Trinajstić information content (AvgIpc) is 2.59. The van der Waals surface area contributed by atoms with Crippen LogP contribution in [0.4, 0.5) is 5.69 Å². The van der Waals surface area contributed by atoms with Crippen molar-refractivity contribution in [1.29, 1.82) is 0 Å². The fraction of sp³-hybridized carbons (Fsp3) is 0.300. The molecule has 1 saturated heterocycles. The lowest BCUT2D eigenvalue weighted by Gasteiger charge is -2.49. The standard InChI is InChI=1S/C20H21NO3/c1-13(2)17-18(14-9-11-15(12-10-14)20(23)24-3)21(19(17)22)16-7-5-4-6-8-16/h4-13,17-18H,1-3H3/t17-,18-/m1/s1. The molecule has 2 atom stereocenters. The number of hydrogen-bond acceptors (Lipinski definition) is 3. The SMILES string of the molecule is COC(=O)c1ccc([C@@H]2[C@@H](C(C)C)C(=O)N2c2ccccc2)cc1. The lowest BCUT2D eigenvalue weighted by atomic mass is 9.75. The molecule has 0 radical (unpaired) electrons. The Labute approximate surface area is 142 Å². The number of esters is 1. The third-order valence-electron chi connectivity index (χ3n) is 4.57. The molecular formula is C20H21NO3. The van der Waals surface area contributed by atoms with Crippen molar-refractivity contribution < 1.29 is 14.3 Å². The zero-order chi connectivity index (χ0) is 17.3. The highest BCUT2D eigenvalue weighted by molar-refractivity contribution is 6.03. The van der Waals surface area contributed by atoms with Crippen LogP contribution in [0.3, 0.4) is 0 Å². The molecule has 4 nitrogen and oxygen atoms in total. The van der Waals surface area contributed by atoms with Crippen LogP contribution in [0.1, 0.15) is 35.8 Å². The zero-order valence-electron chi connectivity index (χ0n) is 14.1. The van der Waals surface area contributed by atoms with Crippen LogP contribution in [0, 0.1) is 11.8 Å². The minimum atomic E-state index is -0.355. The molecule has 0 aromatic heterocycles. The number of methoxy groups -OCH3 is 1. The van der Waals surface area contributed by atoms with Gasteiger partial charge in [-0.15, -0.1) is 0 Å². The number of benzene rings is 2. The van der Waals surface area contributed by atoms with E-state index in [0.29, 0.717) is 5.56 Å². The number of amides is 1. The van der Waals surface area contributed by atoms with Gasteiger partial charge >= 0.3 is 5.97 Å². The van der Waals surface area contributed by atoms with Gasteiger partial charge in [-0.3, -0.25) is 4.79 Å². The molecule has 1 aliphatic rings. The van der Waals surface area contributed by atoms with Gasteiger partial charge in [0.15, 0.2) is 0 Å². The summed E-state index contributed by atoms with van der Waals surface area (Å²) >= 11 is 0. The number of carbonyl (C=O) groups excluding carboxylic acids is 2. The molecule has 3 rings (SSSR count). The Morgan fingerprint density at radius 3 is 2.21 bits per heavy atom. The van der Waals surface area contributed by atoms with E-state index >= 15 is 0 Å². The molecule has 1 aliphatic heterocycles. The maximum atomic E-state index is 12.7. The number of ether oxygens (including phenoxy) is 1. The number of hydrogen-bond donors (Lipinski definition) is 0. The van der Waals surface area contributed by atoms with Crippen LogP contribution in [0.25, 0.3) is 0 Å². The van der Waals surface area contributed by atoms with E-state index in [1.807, 2.05) is 47.4 Å². The van der Waals surface area contributed by atoms with E-state index in [4.69, 9.17) is 4.74 Å². The zero-order valence-corrected chi connectivity index (χ0v) is 14.1. The summed E-state index contributed by atoms with van der Waals surface area (Å²) in [5, 5.41) is 0. The van der Waals surface area contributed by atoms with E-state index in [1.165, 1.54) is 7.11 Å². The van der Waals surface area contributed by atoms with Gasteiger partial charge in [0.25, 0.3) is 0 Å². The Balaban J connectivity index is 1.95. The largest absolute Gasteiger partial charge is 0.465 e. The van der Waals surface area contributed by atoms with Gasteiger partial charge in [-0.05, 0) is 35.7 Å². The summed E-state index contributed by atoms with van der Waals surface area (Å²) in [7, 11) is 1.37. The topological polar surface area (TPSA) is 46.6 Å². The predicted molar refractivity (Wildman–Crippen MR) is 92.8 cm³/mol. The number of nitrogens with zero attached hydrogens (tertiary/aromatic N) is 1. The molecule has 0 bridgehead atoms. The van der Waals surface area contributed by atoms with E-state index in [2.05, 4.69) is 13.8 Å². The maximum Gasteiger partial charge on any atom is 0.337 e. The monoisotopic (exact) mass is 323 g/mol. The summed E-state index contributed by atoms with van der Waals surface area (Å²) in [5.41, 5.74) is 2.45. The third-order valence-corrected chi connectivity index (χ3v) is 4.57. The van der Waals surface area contributed by atoms with Crippen LogP contribution in [-0.4, -0.2) is 19.0 Å². The molecule has 2 aromatic carbocycles. The van der Waals surface area contributed by atoms with Gasteiger partial charge in [0.1, 0.15) is 0 Å². The second kappa shape index (κ2) is 6.48. The van der Waals surface area contributed by atoms with Crippen LogP contribution in [-0.2, 0) is 9.53 Å². The maximum absolute atomic E-state index is 12.7. The minimum absolute atomic E-state index is 0.00778. The van der Waals surface area contributed by atoms with Crippen molar-refractivity contribution in [1.82, 2.24) is 0 Å². The molecule has 0 spiro atoms. The van der Waals surface area contributed by atoms with Crippen LogP contribution < -0.4 is 4.90 Å². The Bertz CT molecular complexity index is 737. The lowest BCUT2D eigenvalue weighted by Crippen LogP contribution is -2.57. The quantitative estimate of drug-likeness (QED) is 0.634. The van der Waals surface area contributed by atoms with E-state index < -0.39 is 0 Å². The fourth-order valence-electron chi connectivity index (χ4n) is 3.33. The Morgan fingerprint density at radius 2 is 1.67 bits per heavy atom. The molecule has 1 amide bonds. The average molecular weight is 323 g/mol. The molecule has 2 aromatic rings. The van der Waals surface area contributed by atoms with E-state index in [-0.39, 0.29) is 29.8 Å². The molecular weight excluding hydrogens is 302 g/mol. The number of β-lactam (4-membered cyclic amide) rings is 1. The summed E-state index contributed by atoms with van der Waals surface area (Å²) in [6.45, 7) is 4.14. The fourth-order valence-corrected chi connectivity index (χ4v) is 3.33. The second-order valence-corrected chi connectivity index (χ2v) is 6.37. The highest BCUT2D eigenvalue weighted by atomic mass is 16.5. The van der Waals surface area contributed by atoms with Gasteiger partial charge in [-0.25, -0.2) is 4.79 Å². The second-order valence-electron chi connectivity index (χ2n) is 6.37. The first-order valence-electron chi connectivity index (χ1n) is 8.11. The van der Waals surface area contributed by atoms with E-state index in [9.17, 15) is 9.59 Å². The van der Waals surface area contributed by atoms with Crippen LogP contribution in [0.2, 0.25) is 0 Å². The summed E-state index contributed by atoms with van der Waals surface area (Å²) in [5.74, 6) is 0.00161. The molecule has 0 saturated carbocycles. The summed E-state index contributed by atoms with van der Waals surface area (Å²) < 4.78 is 4.74. The summed E-state index contributed by atoms with van der Waals surface area (Å²) in [6.07, 6.45) is 0. The summed E-state index contributed by atoms with van der Waals surface area (Å²) in [4.78, 5) is 26.1. The van der Waals surface area contributed by atoms with Crippen molar-refractivity contribution >= 4 is 17.6 Å². The molecule has 1 fully saturated rings. The van der Waals surface area contributed by atoms with Gasteiger partial charge in [0, 0.05) is 5.69 Å². The number of carbonyl (C=O) groups is 2. The molecule has 0 unspecified atom stereocenters. The van der Waals surface area contributed by atoms with Crippen LogP contribution in [0.5, 0.6) is 0 Å². The summed E-state index contributed by atoms with van der Waals surface area (Å²) in [6, 6.07) is 17.0. The molecule has 0 aliphatic carbocycles. The first kappa shape index (κ1) is 16.2. The Hall–Kier alpha value is -2.62. The van der Waals surface area contributed by atoms with Gasteiger partial charge in [-0.2, -0.15) is 0 Å². The first-order valence-corrected chi connectivity index (χ1v) is 8.11. The van der Waals surface area contributed by atoms with Gasteiger partial charge < -0.3 is 9.64 Å². The Kier molecular flexibility index (Phi) is 4.38. The first-order chi connectivity index (χ1) is 11.5. The molecule has 24 heavy (non-hydrogen) atoms. The smallest absolute Gasteiger partial charge is 0.337 e. The van der Waals surface area contributed by atoms with E-state index in [1.54, 1.807) is 12.1 Å². The molecule has 1 heterocycles. The van der Waals surface area contributed by atoms with Crippen molar-refractivity contribution in [2.75, 3.05) is 12.0 Å². The minimum Gasteiger partial charge on any atom is -0.465 e. The van der Waals surface area contributed by atoms with Crippen molar-refractivity contribution in [3.8, 4) is 0 Å². The van der Waals surface area contributed by atoms with Gasteiger partial charge in [0.05, 0.1) is 24.6 Å². The molecule has 0 N–H and O–H groups in total. The number of rotatable bonds is 4. The molecule has 124 valence electrons. The normalized spacial score (nSPS) is 20.0. The van der Waals surface area contributed by atoms with Gasteiger partial charge in [-0.1, -0.05) is 44.2 Å². The Morgan fingerprint density at radius 1 is 1.04 bits per heavy atom. The molecule has 4 heteroatoms. The van der Waals surface area contributed by atoms with Crippen molar-refractivity contribution in [3.05, 3.63) is 65.7 Å². The van der Waals surface area contributed by atoms with Gasteiger partial charge in [0.2, 0.25) is 5.91 Å². The highest BCUT2D eigenvalue weighted by Gasteiger charge is 2.49. The van der Waals surface area contributed by atoms with E-state index in [0.717, 1.165) is 11.3 Å². The number of para-hydroxylation sites is 1. The highest BCUT2D eigenvalue weighted by Crippen LogP contribution is 2.46.